The Labute approximate surface area is 125 Å². The normalized spacial score (nSPS) is 29.7. The van der Waals surface area contributed by atoms with E-state index in [-0.39, 0.29) is 5.92 Å². The SMILES string of the molecule is O=C(c1ccccc1)[C@@H]1[C@@H](c2ccccc2)[C@@H]2C=C[C@H]1C2. The van der Waals surface area contributed by atoms with Crippen LogP contribution in [0.4, 0.5) is 0 Å². The number of Topliss-reactive ketones (excluding diaryl/α,β-unsaturated/α-hetero) is 1. The Hall–Kier alpha value is -2.15. The second-order valence-corrected chi connectivity index (χ2v) is 6.14. The van der Waals surface area contributed by atoms with Crippen LogP contribution in [0.15, 0.2) is 72.8 Å². The maximum atomic E-state index is 13.0. The highest BCUT2D eigenvalue weighted by Crippen LogP contribution is 2.53. The molecule has 0 radical (unpaired) electrons. The van der Waals surface area contributed by atoms with Gasteiger partial charge in [0.25, 0.3) is 0 Å². The summed E-state index contributed by atoms with van der Waals surface area (Å²) in [6, 6.07) is 20.3. The van der Waals surface area contributed by atoms with E-state index in [1.165, 1.54) is 5.56 Å². The van der Waals surface area contributed by atoms with Gasteiger partial charge in [-0.05, 0) is 23.8 Å². The van der Waals surface area contributed by atoms with E-state index in [4.69, 9.17) is 0 Å². The molecule has 1 heteroatoms. The monoisotopic (exact) mass is 274 g/mol. The zero-order valence-corrected chi connectivity index (χ0v) is 11.9. The Morgan fingerprint density at radius 1 is 0.810 bits per heavy atom. The first-order valence-corrected chi connectivity index (χ1v) is 7.67. The highest BCUT2D eigenvalue weighted by molar-refractivity contribution is 5.99. The van der Waals surface area contributed by atoms with E-state index in [1.807, 2.05) is 36.4 Å². The number of rotatable bonds is 3. The topological polar surface area (TPSA) is 17.1 Å². The van der Waals surface area contributed by atoms with Gasteiger partial charge in [-0.25, -0.2) is 0 Å². The largest absolute Gasteiger partial charge is 0.294 e. The van der Waals surface area contributed by atoms with Gasteiger partial charge in [0.2, 0.25) is 0 Å². The molecule has 2 bridgehead atoms. The molecule has 0 aromatic heterocycles. The fraction of sp³-hybridized carbons (Fsp3) is 0.250. The quantitative estimate of drug-likeness (QED) is 0.596. The van der Waals surface area contributed by atoms with Gasteiger partial charge in [0.05, 0.1) is 0 Å². The van der Waals surface area contributed by atoms with Gasteiger partial charge in [-0.1, -0.05) is 72.8 Å². The average Bonchev–Trinajstić information content (AvgIpc) is 3.17. The number of carbonyl (C=O) groups excluding carboxylic acids is 1. The van der Waals surface area contributed by atoms with Crippen LogP contribution < -0.4 is 0 Å². The lowest BCUT2D eigenvalue weighted by molar-refractivity contribution is 0.0887. The second-order valence-electron chi connectivity index (χ2n) is 6.14. The van der Waals surface area contributed by atoms with Crippen molar-refractivity contribution >= 4 is 5.78 Å². The molecule has 0 spiro atoms. The first-order valence-electron chi connectivity index (χ1n) is 7.67. The van der Waals surface area contributed by atoms with Crippen LogP contribution in [0.1, 0.15) is 28.3 Å². The number of ketones is 1. The fourth-order valence-corrected chi connectivity index (χ4v) is 4.10. The zero-order chi connectivity index (χ0) is 14.2. The van der Waals surface area contributed by atoms with Gasteiger partial charge in [0.1, 0.15) is 0 Å². The smallest absolute Gasteiger partial charge is 0.167 e. The lowest BCUT2D eigenvalue weighted by Crippen LogP contribution is -2.26. The van der Waals surface area contributed by atoms with Crippen LogP contribution >= 0.6 is 0 Å². The van der Waals surface area contributed by atoms with E-state index < -0.39 is 0 Å². The predicted octanol–water partition coefficient (Wildman–Crippen LogP) is 4.48. The molecule has 1 nitrogen and oxygen atoms in total. The summed E-state index contributed by atoms with van der Waals surface area (Å²) in [5, 5.41) is 0. The molecule has 0 aliphatic heterocycles. The van der Waals surface area contributed by atoms with Crippen LogP contribution in [0.25, 0.3) is 0 Å². The second kappa shape index (κ2) is 5.00. The van der Waals surface area contributed by atoms with Crippen LogP contribution in [-0.4, -0.2) is 5.78 Å². The third kappa shape index (κ3) is 2.04. The van der Waals surface area contributed by atoms with Crippen molar-refractivity contribution in [2.24, 2.45) is 17.8 Å². The van der Waals surface area contributed by atoms with Crippen molar-refractivity contribution in [3.63, 3.8) is 0 Å². The Kier molecular flexibility index (Phi) is 2.99. The molecule has 0 heterocycles. The number of carbonyl (C=O) groups is 1. The van der Waals surface area contributed by atoms with Crippen molar-refractivity contribution in [2.75, 3.05) is 0 Å². The lowest BCUT2D eigenvalue weighted by Gasteiger charge is -2.27. The van der Waals surface area contributed by atoms with Crippen LogP contribution in [0, 0.1) is 17.8 Å². The van der Waals surface area contributed by atoms with E-state index in [1.54, 1.807) is 0 Å². The molecule has 4 rings (SSSR count). The number of benzene rings is 2. The van der Waals surface area contributed by atoms with E-state index >= 15 is 0 Å². The van der Waals surface area contributed by atoms with Gasteiger partial charge in [-0.15, -0.1) is 0 Å². The third-order valence-electron chi connectivity index (χ3n) is 5.00. The molecule has 0 saturated heterocycles. The molecular weight excluding hydrogens is 256 g/mol. The summed E-state index contributed by atoms with van der Waals surface area (Å²) in [4.78, 5) is 13.0. The molecule has 2 aromatic rings. The van der Waals surface area contributed by atoms with Crippen molar-refractivity contribution in [1.82, 2.24) is 0 Å². The first kappa shape index (κ1) is 12.6. The Morgan fingerprint density at radius 3 is 2.14 bits per heavy atom. The minimum Gasteiger partial charge on any atom is -0.294 e. The molecule has 1 saturated carbocycles. The summed E-state index contributed by atoms with van der Waals surface area (Å²) < 4.78 is 0. The summed E-state index contributed by atoms with van der Waals surface area (Å²) in [5.74, 6) is 1.68. The molecular formula is C20H18O. The van der Waals surface area contributed by atoms with Gasteiger partial charge >= 0.3 is 0 Å². The average molecular weight is 274 g/mol. The highest BCUT2D eigenvalue weighted by atomic mass is 16.1. The third-order valence-corrected chi connectivity index (χ3v) is 5.00. The maximum absolute atomic E-state index is 13.0. The molecule has 2 aliphatic rings. The number of allylic oxidation sites excluding steroid dienone is 2. The number of fused-ring (bicyclic) bond motifs is 2. The molecule has 2 aliphatic carbocycles. The molecule has 0 amide bonds. The van der Waals surface area contributed by atoms with Gasteiger partial charge in [0.15, 0.2) is 5.78 Å². The molecule has 21 heavy (non-hydrogen) atoms. The number of hydrogen-bond donors (Lipinski definition) is 0. The minimum absolute atomic E-state index is 0.102. The molecule has 4 atom stereocenters. The maximum Gasteiger partial charge on any atom is 0.167 e. The van der Waals surface area contributed by atoms with E-state index in [9.17, 15) is 4.79 Å². The summed E-state index contributed by atoms with van der Waals surface area (Å²) in [6.45, 7) is 0. The Balaban J connectivity index is 1.73. The minimum atomic E-state index is 0.102. The van der Waals surface area contributed by atoms with E-state index in [0.29, 0.717) is 23.5 Å². The number of hydrogen-bond acceptors (Lipinski definition) is 1. The Morgan fingerprint density at radius 2 is 1.43 bits per heavy atom. The van der Waals surface area contributed by atoms with Crippen molar-refractivity contribution in [1.29, 1.82) is 0 Å². The lowest BCUT2D eigenvalue weighted by atomic mass is 9.75. The van der Waals surface area contributed by atoms with Crippen LogP contribution in [0.3, 0.4) is 0 Å². The van der Waals surface area contributed by atoms with Crippen LogP contribution in [0.2, 0.25) is 0 Å². The van der Waals surface area contributed by atoms with E-state index in [0.717, 1.165) is 12.0 Å². The molecule has 0 unspecified atom stereocenters. The van der Waals surface area contributed by atoms with Crippen LogP contribution in [0.5, 0.6) is 0 Å². The summed E-state index contributed by atoms with van der Waals surface area (Å²) in [6.07, 6.45) is 5.70. The first-order chi connectivity index (χ1) is 10.3. The Bertz CT molecular complexity index is 671. The summed E-state index contributed by atoms with van der Waals surface area (Å²) in [5.41, 5.74) is 2.16. The summed E-state index contributed by atoms with van der Waals surface area (Å²) >= 11 is 0. The molecule has 0 N–H and O–H groups in total. The standard InChI is InChI=1S/C20H18O/c21-20(15-9-5-2-6-10-15)19-17-12-11-16(13-17)18(19)14-7-3-1-4-8-14/h1-12,16-19H,13H2/t16-,17+,18+,19+/m1/s1. The van der Waals surface area contributed by atoms with Crippen molar-refractivity contribution in [3.8, 4) is 0 Å². The van der Waals surface area contributed by atoms with Gasteiger partial charge in [-0.2, -0.15) is 0 Å². The van der Waals surface area contributed by atoms with Crippen LogP contribution in [-0.2, 0) is 0 Å². The molecule has 1 fully saturated rings. The van der Waals surface area contributed by atoms with Crippen molar-refractivity contribution < 1.29 is 4.79 Å². The van der Waals surface area contributed by atoms with Crippen molar-refractivity contribution in [3.05, 3.63) is 83.9 Å². The van der Waals surface area contributed by atoms with Gasteiger partial charge < -0.3 is 0 Å². The molecule has 2 aromatic carbocycles. The van der Waals surface area contributed by atoms with Gasteiger partial charge in [0, 0.05) is 17.4 Å². The molecule has 104 valence electrons. The van der Waals surface area contributed by atoms with Gasteiger partial charge in [-0.3, -0.25) is 4.79 Å². The fourth-order valence-electron chi connectivity index (χ4n) is 4.10. The highest BCUT2D eigenvalue weighted by Gasteiger charge is 2.48. The predicted molar refractivity (Wildman–Crippen MR) is 84.2 cm³/mol. The van der Waals surface area contributed by atoms with E-state index in [2.05, 4.69) is 36.4 Å². The summed E-state index contributed by atoms with van der Waals surface area (Å²) in [7, 11) is 0. The van der Waals surface area contributed by atoms with Crippen molar-refractivity contribution in [2.45, 2.75) is 12.3 Å². The zero-order valence-electron chi connectivity index (χ0n) is 11.9.